The third-order valence-electron chi connectivity index (χ3n) is 5.80. The van der Waals surface area contributed by atoms with E-state index in [-0.39, 0.29) is 25.4 Å². The van der Waals surface area contributed by atoms with Gasteiger partial charge >= 0.3 is 0 Å². The molecule has 1 atom stereocenters. The second-order valence-electron chi connectivity index (χ2n) is 7.97. The predicted molar refractivity (Wildman–Crippen MR) is 130 cm³/mol. The van der Waals surface area contributed by atoms with Gasteiger partial charge < -0.3 is 10.2 Å². The molecule has 0 radical (unpaired) electrons. The molecule has 1 amide bonds. The zero-order chi connectivity index (χ0) is 22.0. The first-order chi connectivity index (χ1) is 15.0. The number of rotatable bonds is 6. The van der Waals surface area contributed by atoms with E-state index in [2.05, 4.69) is 33.6 Å². The Balaban J connectivity index is 0.00000289. The van der Waals surface area contributed by atoms with Gasteiger partial charge in [-0.3, -0.25) is 14.5 Å². The van der Waals surface area contributed by atoms with E-state index in [0.717, 1.165) is 53.2 Å². The fourth-order valence-electron chi connectivity index (χ4n) is 4.06. The topological polar surface area (TPSA) is 86.8 Å². The minimum absolute atomic E-state index is 0. The molecule has 0 saturated carbocycles. The Labute approximate surface area is 195 Å². The van der Waals surface area contributed by atoms with Crippen LogP contribution in [0.25, 0.3) is 0 Å². The van der Waals surface area contributed by atoms with E-state index in [9.17, 15) is 4.79 Å². The maximum absolute atomic E-state index is 12.3. The number of nitrogens with one attached hydrogen (secondary N) is 1. The van der Waals surface area contributed by atoms with Crippen molar-refractivity contribution in [3.05, 3.63) is 70.8 Å². The molecule has 32 heavy (non-hydrogen) atoms. The monoisotopic (exact) mass is 448 g/mol. The first kappa shape index (κ1) is 23.4. The molecule has 0 unspecified atom stereocenters. The number of aromatic nitrogens is 3. The number of aryl methyl sites for hydroxylation is 3. The number of hydrogen-bond acceptors (Lipinski definition) is 5. The Bertz CT molecular complexity index is 1150. The first-order valence-electron chi connectivity index (χ1n) is 10.5. The first-order valence-corrected chi connectivity index (χ1v) is 10.5. The minimum Gasteiger partial charge on any atom is -0.361 e. The zero-order valence-corrected chi connectivity index (χ0v) is 19.6. The van der Waals surface area contributed by atoms with E-state index in [1.807, 2.05) is 56.0 Å². The molecule has 2 aromatic heterocycles. The van der Waals surface area contributed by atoms with Crippen LogP contribution in [0.5, 0.6) is 0 Å². The van der Waals surface area contributed by atoms with Gasteiger partial charge in [-0.25, -0.2) is 0 Å². The van der Waals surface area contributed by atoms with E-state index in [1.165, 1.54) is 0 Å². The van der Waals surface area contributed by atoms with E-state index in [4.69, 9.17) is 10.2 Å². The van der Waals surface area contributed by atoms with Gasteiger partial charge in [-0.05, 0) is 55.5 Å². The molecule has 0 saturated heterocycles. The van der Waals surface area contributed by atoms with Crippen molar-refractivity contribution < 1.29 is 4.79 Å². The van der Waals surface area contributed by atoms with Gasteiger partial charge in [-0.2, -0.15) is 23.9 Å². The summed E-state index contributed by atoms with van der Waals surface area (Å²) in [6.45, 7) is 4.64. The van der Waals surface area contributed by atoms with Gasteiger partial charge in [0.2, 0.25) is 5.91 Å². The quantitative estimate of drug-likeness (QED) is 0.623. The second-order valence-corrected chi connectivity index (χ2v) is 7.97. The molecule has 0 bridgehead atoms. The lowest BCUT2D eigenvalue weighted by Crippen LogP contribution is -2.46. The van der Waals surface area contributed by atoms with Crippen molar-refractivity contribution in [2.45, 2.75) is 45.7 Å². The normalized spacial score (nSPS) is 14.9. The van der Waals surface area contributed by atoms with Crippen molar-refractivity contribution in [1.82, 2.24) is 14.8 Å². The van der Waals surface area contributed by atoms with Gasteiger partial charge in [0.1, 0.15) is 6.04 Å². The number of carbonyl (C=O) groups excluding carboxylic acids is 1. The molecule has 3 heterocycles. The van der Waals surface area contributed by atoms with Crippen molar-refractivity contribution in [2.75, 3.05) is 17.3 Å². The van der Waals surface area contributed by atoms with Crippen molar-refractivity contribution in [2.24, 2.45) is 0 Å². The van der Waals surface area contributed by atoms with Crippen molar-refractivity contribution in [1.29, 1.82) is 5.26 Å². The third kappa shape index (κ3) is 4.78. The summed E-state index contributed by atoms with van der Waals surface area (Å²) in [5.74, 6) is 0.0322. The summed E-state index contributed by atoms with van der Waals surface area (Å²) in [4.78, 5) is 19.1. The molecule has 166 valence electrons. The van der Waals surface area contributed by atoms with Crippen LogP contribution in [-0.2, 0) is 24.2 Å². The van der Waals surface area contributed by atoms with Crippen molar-refractivity contribution in [3.63, 3.8) is 0 Å². The average molecular weight is 449 g/mol. The van der Waals surface area contributed by atoms with Crippen LogP contribution in [0.3, 0.4) is 0 Å². The zero-order valence-electron chi connectivity index (χ0n) is 18.6. The van der Waals surface area contributed by atoms with Crippen LogP contribution in [0, 0.1) is 18.3 Å². The summed E-state index contributed by atoms with van der Waals surface area (Å²) >= 11 is 0. The Morgan fingerprint density at radius 3 is 2.62 bits per heavy atom. The van der Waals surface area contributed by atoms with Gasteiger partial charge in [0.05, 0.1) is 41.4 Å². The molecule has 1 N–H and O–H groups in total. The lowest BCUT2D eigenvalue weighted by molar-refractivity contribution is -0.117. The molecular formula is C24H28N6OS. The summed E-state index contributed by atoms with van der Waals surface area (Å²) in [6.07, 6.45) is 6.36. The Kier molecular flexibility index (Phi) is 7.21. The molecule has 0 spiro atoms. The molecule has 0 aliphatic carbocycles. The molecule has 1 aliphatic rings. The lowest BCUT2D eigenvalue weighted by Gasteiger charge is -2.35. The highest BCUT2D eigenvalue weighted by Crippen LogP contribution is 2.34. The minimum atomic E-state index is -0.150. The van der Waals surface area contributed by atoms with Gasteiger partial charge in [-0.1, -0.05) is 19.1 Å². The summed E-state index contributed by atoms with van der Waals surface area (Å²) in [6, 6.07) is 11.6. The Morgan fingerprint density at radius 2 is 1.94 bits per heavy atom. The number of benzene rings is 1. The highest BCUT2D eigenvalue weighted by Gasteiger charge is 2.30. The van der Waals surface area contributed by atoms with E-state index >= 15 is 0 Å². The fraction of sp³-hybridized carbons (Fsp3) is 0.333. The second kappa shape index (κ2) is 9.88. The van der Waals surface area contributed by atoms with Crippen molar-refractivity contribution in [3.8, 4) is 6.07 Å². The van der Waals surface area contributed by atoms with Crippen LogP contribution in [0.1, 0.15) is 41.4 Å². The van der Waals surface area contributed by atoms with Crippen LogP contribution in [0.4, 0.5) is 11.4 Å². The molecule has 4 rings (SSSR count). The summed E-state index contributed by atoms with van der Waals surface area (Å²) in [7, 11) is 1.97. The fourth-order valence-corrected chi connectivity index (χ4v) is 4.06. The maximum atomic E-state index is 12.3. The van der Waals surface area contributed by atoms with Crippen molar-refractivity contribution >= 4 is 30.8 Å². The standard InChI is InChI=1S/C24H26N6O.H2S/c1-4-21-24(31)28-23-16(2)27-20(11-22(23)29(21)3)10-9-19-13-26-30(15-19)14-18-7-5-17(12-25)6-8-18;/h5-8,11,13,15,21H,4,9-10,14H2,1-3H3,(H,28,31);1H2/t21-;/m0./s1. The van der Waals surface area contributed by atoms with Crippen LogP contribution >= 0.6 is 13.5 Å². The van der Waals surface area contributed by atoms with Gasteiger partial charge in [-0.15, -0.1) is 0 Å². The number of nitrogens with zero attached hydrogens (tertiary/aromatic N) is 5. The number of fused-ring (bicyclic) bond motifs is 1. The molecular weight excluding hydrogens is 420 g/mol. The van der Waals surface area contributed by atoms with Gasteiger partial charge in [0, 0.05) is 18.9 Å². The van der Waals surface area contributed by atoms with Gasteiger partial charge in [0.15, 0.2) is 0 Å². The molecule has 3 aromatic rings. The predicted octanol–water partition coefficient (Wildman–Crippen LogP) is 3.57. The number of anilines is 2. The number of pyridine rings is 1. The molecule has 1 aliphatic heterocycles. The van der Waals surface area contributed by atoms with Crippen LogP contribution in [-0.4, -0.2) is 33.8 Å². The number of hydrogen-bond donors (Lipinski definition) is 1. The largest absolute Gasteiger partial charge is 0.361 e. The molecule has 8 heteroatoms. The average Bonchev–Trinajstić information content (AvgIpc) is 3.21. The molecule has 1 aromatic carbocycles. The smallest absolute Gasteiger partial charge is 0.247 e. The Hall–Kier alpha value is -3.31. The van der Waals surface area contributed by atoms with Crippen LogP contribution in [0.2, 0.25) is 0 Å². The number of carbonyl (C=O) groups is 1. The lowest BCUT2D eigenvalue weighted by atomic mass is 10.0. The summed E-state index contributed by atoms with van der Waals surface area (Å²) in [5.41, 5.74) is 6.62. The molecule has 0 fully saturated rings. The van der Waals surface area contributed by atoms with Crippen LogP contribution in [0.15, 0.2) is 42.7 Å². The third-order valence-corrected chi connectivity index (χ3v) is 5.80. The SMILES string of the molecule is CC[C@H]1C(=O)Nc2c(cc(CCc3cnn(Cc4ccc(C#N)cc4)c3)nc2C)N1C.S. The van der Waals surface area contributed by atoms with E-state index in [1.54, 1.807) is 0 Å². The molecule has 7 nitrogen and oxygen atoms in total. The van der Waals surface area contributed by atoms with E-state index < -0.39 is 0 Å². The van der Waals surface area contributed by atoms with Crippen LogP contribution < -0.4 is 10.2 Å². The number of amides is 1. The van der Waals surface area contributed by atoms with E-state index in [0.29, 0.717) is 12.1 Å². The highest BCUT2D eigenvalue weighted by atomic mass is 32.1. The van der Waals surface area contributed by atoms with Gasteiger partial charge in [0.25, 0.3) is 0 Å². The Morgan fingerprint density at radius 1 is 1.19 bits per heavy atom. The maximum Gasteiger partial charge on any atom is 0.247 e. The number of nitriles is 1. The summed E-state index contributed by atoms with van der Waals surface area (Å²) in [5, 5.41) is 16.4. The number of likely N-dealkylation sites (N-methyl/N-ethyl adjacent to an activating group) is 1. The summed E-state index contributed by atoms with van der Waals surface area (Å²) < 4.78 is 1.91. The highest BCUT2D eigenvalue weighted by molar-refractivity contribution is 7.59.